The minimum atomic E-state index is 0.242. The summed E-state index contributed by atoms with van der Waals surface area (Å²) in [4.78, 5) is 21.3. The van der Waals surface area contributed by atoms with Gasteiger partial charge in [0, 0.05) is 51.0 Å². The van der Waals surface area contributed by atoms with E-state index in [0.717, 1.165) is 50.7 Å². The maximum Gasteiger partial charge on any atom is 0.223 e. The second-order valence-corrected chi connectivity index (χ2v) is 7.78. The first kappa shape index (κ1) is 19.4. The molecule has 2 aromatic heterocycles. The molecule has 1 amide bonds. The monoisotopic (exact) mass is 369 g/mol. The third kappa shape index (κ3) is 4.67. The third-order valence-corrected chi connectivity index (χ3v) is 5.26. The fraction of sp³-hybridized carbons (Fsp3) is 0.571. The molecule has 0 aromatic carbocycles. The summed E-state index contributed by atoms with van der Waals surface area (Å²) in [5.41, 5.74) is 3.49. The van der Waals surface area contributed by atoms with Crippen molar-refractivity contribution in [2.75, 3.05) is 31.1 Å². The maximum atomic E-state index is 12.7. The summed E-state index contributed by atoms with van der Waals surface area (Å²) in [5.74, 6) is 1.80. The highest BCUT2D eigenvalue weighted by Gasteiger charge is 2.22. The van der Waals surface area contributed by atoms with Crippen molar-refractivity contribution in [3.05, 3.63) is 41.3 Å². The fourth-order valence-electron chi connectivity index (χ4n) is 3.74. The Morgan fingerprint density at radius 1 is 1.15 bits per heavy atom. The lowest BCUT2D eigenvalue weighted by Crippen LogP contribution is -2.49. The van der Waals surface area contributed by atoms with Gasteiger partial charge in [-0.15, -0.1) is 0 Å². The van der Waals surface area contributed by atoms with Gasteiger partial charge < -0.3 is 9.80 Å². The molecule has 1 aliphatic heterocycles. The van der Waals surface area contributed by atoms with E-state index in [-0.39, 0.29) is 5.91 Å². The molecular weight excluding hydrogens is 338 g/mol. The van der Waals surface area contributed by atoms with E-state index in [0.29, 0.717) is 12.3 Å². The zero-order chi connectivity index (χ0) is 19.4. The molecule has 0 spiro atoms. The molecule has 0 atom stereocenters. The molecule has 1 fully saturated rings. The Morgan fingerprint density at radius 2 is 1.89 bits per heavy atom. The van der Waals surface area contributed by atoms with Crippen molar-refractivity contribution < 1.29 is 4.79 Å². The van der Waals surface area contributed by atoms with Crippen molar-refractivity contribution in [1.82, 2.24) is 19.7 Å². The fourth-order valence-corrected chi connectivity index (χ4v) is 3.74. The highest BCUT2D eigenvalue weighted by Crippen LogP contribution is 2.18. The van der Waals surface area contributed by atoms with E-state index in [1.165, 1.54) is 11.3 Å². The molecule has 0 radical (unpaired) electrons. The second-order valence-electron chi connectivity index (χ2n) is 7.78. The van der Waals surface area contributed by atoms with Gasteiger partial charge in [-0.05, 0) is 43.9 Å². The Morgan fingerprint density at radius 3 is 2.52 bits per heavy atom. The van der Waals surface area contributed by atoms with E-state index in [2.05, 4.69) is 47.4 Å². The first-order valence-electron chi connectivity index (χ1n) is 9.92. The molecule has 2 aromatic rings. The number of carbonyl (C=O) groups is 1. The normalized spacial score (nSPS) is 14.9. The Labute approximate surface area is 162 Å². The Balaban J connectivity index is 1.53. The van der Waals surface area contributed by atoms with E-state index < -0.39 is 0 Å². The maximum absolute atomic E-state index is 12.7. The van der Waals surface area contributed by atoms with Crippen LogP contribution in [0.15, 0.2) is 24.4 Å². The number of aryl methyl sites for hydroxylation is 1. The Bertz CT molecular complexity index is 760. The minimum absolute atomic E-state index is 0.242. The number of hydrogen-bond acceptors (Lipinski definition) is 4. The number of pyridine rings is 1. The van der Waals surface area contributed by atoms with Gasteiger partial charge in [-0.25, -0.2) is 4.98 Å². The van der Waals surface area contributed by atoms with E-state index in [9.17, 15) is 4.79 Å². The number of carbonyl (C=O) groups excluding carboxylic acids is 1. The standard InChI is InChI=1S/C21H31N5O/c1-16(2)15-26-18(4)19(17(3)23-26)8-9-21(27)25-13-11-24(12-14-25)20-7-5-6-10-22-20/h5-7,10,16H,8-9,11-15H2,1-4H3. The number of hydrogen-bond donors (Lipinski definition) is 0. The van der Waals surface area contributed by atoms with Crippen LogP contribution < -0.4 is 4.90 Å². The molecule has 0 aliphatic carbocycles. The van der Waals surface area contributed by atoms with E-state index >= 15 is 0 Å². The molecule has 6 heteroatoms. The molecule has 1 aliphatic rings. The topological polar surface area (TPSA) is 54.3 Å². The van der Waals surface area contributed by atoms with Crippen LogP contribution in [0.5, 0.6) is 0 Å². The van der Waals surface area contributed by atoms with Crippen LogP contribution in [0.4, 0.5) is 5.82 Å². The number of nitrogens with zero attached hydrogens (tertiary/aromatic N) is 5. The average Bonchev–Trinajstić information content (AvgIpc) is 2.93. The molecule has 146 valence electrons. The van der Waals surface area contributed by atoms with Gasteiger partial charge in [0.15, 0.2) is 0 Å². The Kier molecular flexibility index (Phi) is 6.14. The molecule has 6 nitrogen and oxygen atoms in total. The summed E-state index contributed by atoms with van der Waals surface area (Å²) in [7, 11) is 0. The van der Waals surface area contributed by atoms with Gasteiger partial charge in [0.1, 0.15) is 5.82 Å². The van der Waals surface area contributed by atoms with Crippen LogP contribution in [0.1, 0.15) is 37.2 Å². The zero-order valence-electron chi connectivity index (χ0n) is 17.0. The highest BCUT2D eigenvalue weighted by molar-refractivity contribution is 5.76. The lowest BCUT2D eigenvalue weighted by Gasteiger charge is -2.35. The van der Waals surface area contributed by atoms with E-state index in [4.69, 9.17) is 0 Å². The molecule has 3 heterocycles. The van der Waals surface area contributed by atoms with Crippen molar-refractivity contribution in [1.29, 1.82) is 0 Å². The second kappa shape index (κ2) is 8.55. The summed E-state index contributed by atoms with van der Waals surface area (Å²) in [5, 5.41) is 4.66. The van der Waals surface area contributed by atoms with Crippen LogP contribution in [0.25, 0.3) is 0 Å². The molecule has 27 heavy (non-hydrogen) atoms. The molecule has 0 N–H and O–H groups in total. The SMILES string of the molecule is Cc1nn(CC(C)C)c(C)c1CCC(=O)N1CCN(c2ccccn2)CC1. The number of anilines is 1. The summed E-state index contributed by atoms with van der Waals surface area (Å²) < 4.78 is 2.09. The first-order chi connectivity index (χ1) is 13.0. The van der Waals surface area contributed by atoms with E-state index in [1.807, 2.05) is 29.3 Å². The van der Waals surface area contributed by atoms with Crippen LogP contribution in [0.2, 0.25) is 0 Å². The largest absolute Gasteiger partial charge is 0.353 e. The summed E-state index contributed by atoms with van der Waals surface area (Å²) >= 11 is 0. The highest BCUT2D eigenvalue weighted by atomic mass is 16.2. The van der Waals surface area contributed by atoms with Crippen LogP contribution in [0, 0.1) is 19.8 Å². The smallest absolute Gasteiger partial charge is 0.223 e. The molecular formula is C21H31N5O. The quantitative estimate of drug-likeness (QED) is 0.786. The van der Waals surface area contributed by atoms with Gasteiger partial charge in [-0.2, -0.15) is 5.10 Å². The van der Waals surface area contributed by atoms with Gasteiger partial charge in [0.2, 0.25) is 5.91 Å². The predicted molar refractivity (Wildman–Crippen MR) is 108 cm³/mol. The van der Waals surface area contributed by atoms with Crippen molar-refractivity contribution in [2.24, 2.45) is 5.92 Å². The van der Waals surface area contributed by atoms with Gasteiger partial charge in [0.25, 0.3) is 0 Å². The molecule has 0 unspecified atom stereocenters. The summed E-state index contributed by atoms with van der Waals surface area (Å²) in [6.45, 7) is 12.7. The molecule has 0 saturated carbocycles. The van der Waals surface area contributed by atoms with Crippen LogP contribution in [-0.2, 0) is 17.8 Å². The molecule has 3 rings (SSSR count). The number of amides is 1. The van der Waals surface area contributed by atoms with Gasteiger partial charge in [-0.3, -0.25) is 9.48 Å². The summed E-state index contributed by atoms with van der Waals surface area (Å²) in [6.07, 6.45) is 3.14. The molecule has 0 bridgehead atoms. The Hall–Kier alpha value is -2.37. The third-order valence-electron chi connectivity index (χ3n) is 5.26. The minimum Gasteiger partial charge on any atom is -0.353 e. The van der Waals surface area contributed by atoms with Gasteiger partial charge in [0.05, 0.1) is 5.69 Å². The molecule has 1 saturated heterocycles. The predicted octanol–water partition coefficient (Wildman–Crippen LogP) is 2.83. The number of piperazine rings is 1. The van der Waals surface area contributed by atoms with Crippen molar-refractivity contribution >= 4 is 11.7 Å². The van der Waals surface area contributed by atoms with Crippen molar-refractivity contribution in [3.8, 4) is 0 Å². The van der Waals surface area contributed by atoms with Gasteiger partial charge in [-0.1, -0.05) is 19.9 Å². The average molecular weight is 370 g/mol. The van der Waals surface area contributed by atoms with Crippen molar-refractivity contribution in [2.45, 2.75) is 47.1 Å². The summed E-state index contributed by atoms with van der Waals surface area (Å²) in [6, 6.07) is 5.96. The van der Waals surface area contributed by atoms with E-state index in [1.54, 1.807) is 0 Å². The van der Waals surface area contributed by atoms with Crippen LogP contribution in [0.3, 0.4) is 0 Å². The number of rotatable bonds is 6. The van der Waals surface area contributed by atoms with Gasteiger partial charge >= 0.3 is 0 Å². The van der Waals surface area contributed by atoms with Crippen molar-refractivity contribution in [3.63, 3.8) is 0 Å². The first-order valence-corrected chi connectivity index (χ1v) is 9.92. The van der Waals surface area contributed by atoms with Crippen LogP contribution in [-0.4, -0.2) is 51.8 Å². The lowest BCUT2D eigenvalue weighted by molar-refractivity contribution is -0.131. The number of aromatic nitrogens is 3. The van der Waals surface area contributed by atoms with Crippen LogP contribution >= 0.6 is 0 Å². The lowest BCUT2D eigenvalue weighted by atomic mass is 10.1. The zero-order valence-corrected chi connectivity index (χ0v) is 17.0.